The van der Waals surface area contributed by atoms with Crippen LogP contribution in [-0.4, -0.2) is 22.6 Å². The molecule has 6 aromatic carbocycles. The van der Waals surface area contributed by atoms with Crippen LogP contribution in [0, 0.1) is 41.5 Å². The zero-order chi connectivity index (χ0) is 41.1. The minimum atomic E-state index is -2.07. The summed E-state index contributed by atoms with van der Waals surface area (Å²) in [4.78, 5) is 0. The molecule has 0 saturated carbocycles. The number of fused-ring (bicyclic) bond motifs is 1. The zero-order valence-corrected chi connectivity index (χ0v) is 36.0. The fourth-order valence-corrected chi connectivity index (χ4v) is 11.8. The molecule has 0 aliphatic carbocycles. The largest absolute Gasteiger partial charge is 0.345 e. The van der Waals surface area contributed by atoms with E-state index in [9.17, 15) is 0 Å². The Morgan fingerprint density at radius 1 is 0.508 bits per heavy atom. The van der Waals surface area contributed by atoms with Crippen LogP contribution in [0.5, 0.6) is 0 Å². The maximum Gasteiger partial charge on any atom is 0.345 e. The van der Waals surface area contributed by atoms with Gasteiger partial charge < -0.3 is 18.5 Å². The number of aromatic nitrogens is 2. The van der Waals surface area contributed by atoms with Crippen LogP contribution in [0.4, 0.5) is 0 Å². The van der Waals surface area contributed by atoms with Gasteiger partial charge in [0.2, 0.25) is 0 Å². The van der Waals surface area contributed by atoms with Gasteiger partial charge in [-0.25, -0.2) is 0 Å². The summed E-state index contributed by atoms with van der Waals surface area (Å²) in [7, 11) is -2.07. The van der Waals surface area contributed by atoms with E-state index in [0.717, 1.165) is 61.4 Å². The lowest BCUT2D eigenvalue weighted by molar-refractivity contribution is -0.576. The second kappa shape index (κ2) is 15.1. The number of aryl methyl sites for hydroxylation is 6. The topological polar surface area (TPSA) is 45.7 Å². The minimum Gasteiger partial charge on any atom is -0.341 e. The van der Waals surface area contributed by atoms with Gasteiger partial charge >= 0.3 is 5.57 Å². The van der Waals surface area contributed by atoms with Crippen molar-refractivity contribution in [2.75, 3.05) is 0 Å². The normalized spacial score (nSPS) is 19.6. The Morgan fingerprint density at radius 2 is 0.864 bits per heavy atom. The van der Waals surface area contributed by atoms with Crippen molar-refractivity contribution < 1.29 is 23.1 Å². The third kappa shape index (κ3) is 6.59. The van der Waals surface area contributed by atoms with Crippen molar-refractivity contribution in [2.45, 2.75) is 84.6 Å². The number of nitrogens with zero attached hydrogens (tertiary/aromatic N) is 2. The molecule has 0 unspecified atom stereocenters. The van der Waals surface area contributed by atoms with E-state index in [4.69, 9.17) is 18.5 Å². The van der Waals surface area contributed by atoms with Crippen molar-refractivity contribution in [1.82, 2.24) is 4.57 Å². The molecule has 7 heteroatoms. The Hall–Kier alpha value is -5.20. The third-order valence-corrected chi connectivity index (χ3v) is 13.5. The lowest BCUT2D eigenvalue weighted by Gasteiger charge is -2.41. The monoisotopic (exact) mass is 799 g/mol. The fourth-order valence-electron chi connectivity index (χ4n) is 9.78. The van der Waals surface area contributed by atoms with Gasteiger partial charge in [-0.1, -0.05) is 157 Å². The molecule has 1 aromatic heterocycles. The number of imidazole rings is 1. The van der Waals surface area contributed by atoms with E-state index >= 15 is 0 Å². The first-order chi connectivity index (χ1) is 28.4. The standard InChI is InChI=1S/C52H52N2O4P/c1-35-31-37(3)45(38(4)32-35)53-29-30-54(46-39(5)33-36(2)34-40(46)6)49(53)59-57-51(41-21-13-9-14-22-41,42-23-15-10-16-24-42)47-48(56-50(7,8)55-47)52(58-59,43-25-17-11-18-26-43)44-27-19-12-20-28-44/h9-34,47-48H,1-8H3/q+1/t47-,48-/m0/s1. The quantitative estimate of drug-likeness (QED) is 0.119. The molecule has 0 bridgehead atoms. The molecular formula is C52H52N2O4P+. The van der Waals surface area contributed by atoms with E-state index in [1.165, 1.54) is 11.1 Å². The summed E-state index contributed by atoms with van der Waals surface area (Å²) in [6.07, 6.45) is 2.99. The number of rotatable bonds is 7. The second-order valence-electron chi connectivity index (χ2n) is 16.7. The number of hydrogen-bond acceptors (Lipinski definition) is 4. The van der Waals surface area contributed by atoms with Gasteiger partial charge in [-0.05, 0) is 99.9 Å². The lowest BCUT2D eigenvalue weighted by Crippen LogP contribution is -2.53. The van der Waals surface area contributed by atoms with Crippen molar-refractivity contribution >= 4 is 13.9 Å². The molecule has 2 atom stereocenters. The van der Waals surface area contributed by atoms with E-state index < -0.39 is 37.6 Å². The Morgan fingerprint density at radius 3 is 1.24 bits per heavy atom. The highest BCUT2D eigenvalue weighted by atomic mass is 31.2. The summed E-state index contributed by atoms with van der Waals surface area (Å²) in [5.41, 5.74) is 11.5. The van der Waals surface area contributed by atoms with Crippen molar-refractivity contribution in [3.63, 3.8) is 0 Å². The van der Waals surface area contributed by atoms with Crippen LogP contribution < -0.4 is 10.1 Å². The minimum absolute atomic E-state index is 0.683. The van der Waals surface area contributed by atoms with Crippen molar-refractivity contribution in [2.24, 2.45) is 0 Å². The van der Waals surface area contributed by atoms with Crippen LogP contribution in [0.25, 0.3) is 11.4 Å². The molecule has 2 saturated heterocycles. The average molecular weight is 800 g/mol. The average Bonchev–Trinajstić information content (AvgIpc) is 3.76. The van der Waals surface area contributed by atoms with Gasteiger partial charge in [0.05, 0.1) is 0 Å². The first-order valence-corrected chi connectivity index (χ1v) is 21.7. The first kappa shape index (κ1) is 39.3. The summed E-state index contributed by atoms with van der Waals surface area (Å²) >= 11 is 0. The van der Waals surface area contributed by atoms with E-state index in [1.54, 1.807) is 0 Å². The van der Waals surface area contributed by atoms with Gasteiger partial charge in [-0.2, -0.15) is 9.13 Å². The number of hydrogen-bond donors (Lipinski definition) is 0. The lowest BCUT2D eigenvalue weighted by atomic mass is 9.72. The predicted octanol–water partition coefficient (Wildman–Crippen LogP) is 11.0. The highest BCUT2D eigenvalue weighted by Crippen LogP contribution is 2.64. The van der Waals surface area contributed by atoms with Gasteiger partial charge in [-0.15, -0.1) is 0 Å². The van der Waals surface area contributed by atoms with E-state index in [0.29, 0.717) is 0 Å². The van der Waals surface area contributed by atoms with E-state index in [2.05, 4.69) is 209 Å². The maximum absolute atomic E-state index is 8.15. The Balaban J connectivity index is 1.46. The molecule has 7 aromatic rings. The van der Waals surface area contributed by atoms with Gasteiger partial charge in [0.15, 0.2) is 17.0 Å². The molecule has 298 valence electrons. The summed E-state index contributed by atoms with van der Waals surface area (Å²) in [6.45, 7) is 17.1. The summed E-state index contributed by atoms with van der Waals surface area (Å²) < 4.78 is 35.6. The summed E-state index contributed by atoms with van der Waals surface area (Å²) in [5, 5.41) is 0. The molecule has 0 amide bonds. The Kier molecular flexibility index (Phi) is 10.1. The van der Waals surface area contributed by atoms with E-state index in [1.807, 2.05) is 13.8 Å². The molecule has 2 aliphatic rings. The molecular weight excluding hydrogens is 748 g/mol. The van der Waals surface area contributed by atoms with E-state index in [-0.39, 0.29) is 0 Å². The van der Waals surface area contributed by atoms with Crippen molar-refractivity contribution in [3.8, 4) is 11.4 Å². The first-order valence-electron chi connectivity index (χ1n) is 20.5. The van der Waals surface area contributed by atoms with Crippen LogP contribution in [0.15, 0.2) is 158 Å². The maximum atomic E-state index is 8.15. The summed E-state index contributed by atoms with van der Waals surface area (Å²) in [5.74, 6) is -0.988. The molecule has 3 heterocycles. The van der Waals surface area contributed by atoms with Gasteiger partial charge in [0.1, 0.15) is 36.0 Å². The molecule has 59 heavy (non-hydrogen) atoms. The Labute approximate surface area is 349 Å². The van der Waals surface area contributed by atoms with Crippen molar-refractivity contribution in [3.05, 3.63) is 214 Å². The zero-order valence-electron chi connectivity index (χ0n) is 35.1. The molecule has 2 fully saturated rings. The predicted molar refractivity (Wildman–Crippen MR) is 236 cm³/mol. The molecule has 2 aliphatic heterocycles. The Bertz CT molecular complexity index is 2320. The molecule has 0 spiro atoms. The van der Waals surface area contributed by atoms with Crippen LogP contribution >= 0.6 is 8.38 Å². The number of ether oxygens (including phenoxy) is 2. The highest BCUT2D eigenvalue weighted by molar-refractivity contribution is 7.55. The summed E-state index contributed by atoms with van der Waals surface area (Å²) in [6, 6.07) is 51.1. The van der Waals surface area contributed by atoms with Crippen molar-refractivity contribution in [1.29, 1.82) is 0 Å². The molecule has 0 N–H and O–H groups in total. The molecule has 6 nitrogen and oxygen atoms in total. The fraction of sp³-hybridized carbons (Fsp3) is 0.250. The SMILES string of the molecule is Cc1cc(C)c(-n2cc[n+](-c3c(C)cc(C)cc3C)c2P2OC(c3ccccc3)(c3ccccc3)[C@H]3OC(C)(C)O[C@@H]3C(c3ccccc3)(c3ccccc3)O2)c(C)c1. The smallest absolute Gasteiger partial charge is 0.341 e. The molecule has 0 radical (unpaired) electrons. The third-order valence-electron chi connectivity index (χ3n) is 11.9. The second-order valence-corrected chi connectivity index (χ2v) is 18.0. The van der Waals surface area contributed by atoms with Gasteiger partial charge in [0, 0.05) is 0 Å². The van der Waals surface area contributed by atoms with Crippen LogP contribution in [0.1, 0.15) is 69.5 Å². The highest BCUT2D eigenvalue weighted by Gasteiger charge is 2.68. The number of benzene rings is 6. The van der Waals surface area contributed by atoms with Crippen LogP contribution in [-0.2, 0) is 29.7 Å². The van der Waals surface area contributed by atoms with Gasteiger partial charge in [-0.3, -0.25) is 0 Å². The van der Waals surface area contributed by atoms with Crippen LogP contribution in [0.2, 0.25) is 0 Å². The van der Waals surface area contributed by atoms with Crippen LogP contribution in [0.3, 0.4) is 0 Å². The molecule has 9 rings (SSSR count). The van der Waals surface area contributed by atoms with Gasteiger partial charge in [0.25, 0.3) is 8.38 Å².